The lowest BCUT2D eigenvalue weighted by Gasteiger charge is -2.25. The van der Waals surface area contributed by atoms with Crippen LogP contribution in [0.15, 0.2) is 60.7 Å². The van der Waals surface area contributed by atoms with Gasteiger partial charge in [0.2, 0.25) is 0 Å². The molecule has 0 radical (unpaired) electrons. The number of carbonyl (C=O) groups is 1. The summed E-state index contributed by atoms with van der Waals surface area (Å²) in [5.41, 5.74) is 1.66. The number of benzene rings is 2. The minimum atomic E-state index is -0.810. The lowest BCUT2D eigenvalue weighted by molar-refractivity contribution is 0.130. The van der Waals surface area contributed by atoms with Crippen LogP contribution in [0, 0.1) is 11.8 Å². The van der Waals surface area contributed by atoms with E-state index in [1.54, 1.807) is 0 Å². The van der Waals surface area contributed by atoms with Gasteiger partial charge in [-0.05, 0) is 23.0 Å². The molecular formula is C20H23N3O2. The van der Waals surface area contributed by atoms with Crippen LogP contribution in [0.4, 0.5) is 4.79 Å². The normalized spacial score (nSPS) is 26.4. The van der Waals surface area contributed by atoms with Gasteiger partial charge in [-0.3, -0.25) is 0 Å². The third kappa shape index (κ3) is 3.38. The standard InChI is InChI=1S/C20H23N3O2/c24-19(14-9-5-2-6-10-14)17(13-7-3-1-4-8-13)22-20(25)23-18-15-11-21-12-16(15)18/h1-10,15-19,21,24H,11-12H2,(H2,22,23,25)/t15-,16+,17-,18?,19+/m0/s1. The highest BCUT2D eigenvalue weighted by atomic mass is 16.3. The van der Waals surface area contributed by atoms with Crippen LogP contribution >= 0.6 is 0 Å². The van der Waals surface area contributed by atoms with Crippen molar-refractivity contribution >= 4 is 6.03 Å². The minimum absolute atomic E-state index is 0.219. The predicted octanol–water partition coefficient (Wildman–Crippen LogP) is 1.98. The number of fused-ring (bicyclic) bond motifs is 1. The molecule has 4 rings (SSSR count). The molecule has 4 N–H and O–H groups in total. The average molecular weight is 337 g/mol. The second-order valence-corrected chi connectivity index (χ2v) is 6.87. The number of urea groups is 1. The summed E-state index contributed by atoms with van der Waals surface area (Å²) < 4.78 is 0. The lowest BCUT2D eigenvalue weighted by Crippen LogP contribution is -2.43. The van der Waals surface area contributed by atoms with Crippen molar-refractivity contribution in [1.29, 1.82) is 0 Å². The predicted molar refractivity (Wildman–Crippen MR) is 95.9 cm³/mol. The van der Waals surface area contributed by atoms with Crippen molar-refractivity contribution in [3.8, 4) is 0 Å². The Morgan fingerprint density at radius 2 is 1.52 bits per heavy atom. The molecule has 5 nitrogen and oxygen atoms in total. The maximum Gasteiger partial charge on any atom is 0.315 e. The van der Waals surface area contributed by atoms with E-state index in [0.29, 0.717) is 11.8 Å². The highest BCUT2D eigenvalue weighted by Gasteiger charge is 2.53. The molecular weight excluding hydrogens is 314 g/mol. The van der Waals surface area contributed by atoms with E-state index >= 15 is 0 Å². The summed E-state index contributed by atoms with van der Waals surface area (Å²) in [4.78, 5) is 12.5. The number of rotatable bonds is 5. The number of hydrogen-bond donors (Lipinski definition) is 4. The molecule has 2 aromatic rings. The molecule has 1 aliphatic heterocycles. The van der Waals surface area contributed by atoms with Crippen LogP contribution in [-0.4, -0.2) is 30.3 Å². The molecule has 25 heavy (non-hydrogen) atoms. The topological polar surface area (TPSA) is 73.4 Å². The molecule has 2 amide bonds. The van der Waals surface area contributed by atoms with Crippen LogP contribution in [-0.2, 0) is 0 Å². The molecule has 1 aliphatic carbocycles. The maximum absolute atomic E-state index is 12.5. The summed E-state index contributed by atoms with van der Waals surface area (Å²) in [5, 5.41) is 20.2. The van der Waals surface area contributed by atoms with Gasteiger partial charge in [0.05, 0.1) is 6.04 Å². The van der Waals surface area contributed by atoms with Gasteiger partial charge in [-0.25, -0.2) is 4.79 Å². The number of nitrogens with one attached hydrogen (secondary N) is 3. The molecule has 0 aromatic heterocycles. The Balaban J connectivity index is 1.48. The highest BCUT2D eigenvalue weighted by Crippen LogP contribution is 2.41. The van der Waals surface area contributed by atoms with Gasteiger partial charge >= 0.3 is 6.03 Å². The van der Waals surface area contributed by atoms with E-state index in [1.165, 1.54) is 0 Å². The fraction of sp³-hybridized carbons (Fsp3) is 0.350. The van der Waals surface area contributed by atoms with Gasteiger partial charge in [-0.15, -0.1) is 0 Å². The van der Waals surface area contributed by atoms with E-state index < -0.39 is 12.1 Å². The Morgan fingerprint density at radius 1 is 0.960 bits per heavy atom. The summed E-state index contributed by atoms with van der Waals surface area (Å²) in [6, 6.07) is 18.6. The van der Waals surface area contributed by atoms with Gasteiger partial charge in [-0.1, -0.05) is 60.7 Å². The van der Waals surface area contributed by atoms with Crippen molar-refractivity contribution in [2.75, 3.05) is 13.1 Å². The van der Waals surface area contributed by atoms with Gasteiger partial charge < -0.3 is 21.1 Å². The fourth-order valence-corrected chi connectivity index (χ4v) is 3.81. The van der Waals surface area contributed by atoms with Crippen molar-refractivity contribution in [1.82, 2.24) is 16.0 Å². The summed E-state index contributed by atoms with van der Waals surface area (Å²) >= 11 is 0. The van der Waals surface area contributed by atoms with Crippen LogP contribution < -0.4 is 16.0 Å². The van der Waals surface area contributed by atoms with E-state index in [1.807, 2.05) is 60.7 Å². The van der Waals surface area contributed by atoms with Crippen LogP contribution in [0.2, 0.25) is 0 Å². The number of piperidine rings is 1. The van der Waals surface area contributed by atoms with Gasteiger partial charge in [0, 0.05) is 19.1 Å². The zero-order valence-corrected chi connectivity index (χ0v) is 13.9. The smallest absolute Gasteiger partial charge is 0.315 e. The average Bonchev–Trinajstić information content (AvgIpc) is 3.07. The first kappa shape index (κ1) is 16.1. The van der Waals surface area contributed by atoms with Gasteiger partial charge in [0.25, 0.3) is 0 Å². The number of aliphatic hydroxyl groups excluding tert-OH is 1. The zero-order valence-electron chi connectivity index (χ0n) is 13.9. The van der Waals surface area contributed by atoms with Crippen molar-refractivity contribution in [3.63, 3.8) is 0 Å². The van der Waals surface area contributed by atoms with E-state index in [-0.39, 0.29) is 12.1 Å². The summed E-state index contributed by atoms with van der Waals surface area (Å²) in [6.45, 7) is 1.95. The SMILES string of the molecule is O=C(NC1[C@H]2CNC[C@@H]12)N[C@@H](c1ccccc1)[C@H](O)c1ccccc1. The lowest BCUT2D eigenvalue weighted by atomic mass is 9.96. The van der Waals surface area contributed by atoms with Crippen LogP contribution in [0.3, 0.4) is 0 Å². The van der Waals surface area contributed by atoms with E-state index in [4.69, 9.17) is 0 Å². The highest BCUT2D eigenvalue weighted by molar-refractivity contribution is 5.75. The van der Waals surface area contributed by atoms with Gasteiger partial charge in [-0.2, -0.15) is 0 Å². The largest absolute Gasteiger partial charge is 0.386 e. The quantitative estimate of drug-likeness (QED) is 0.674. The van der Waals surface area contributed by atoms with Crippen molar-refractivity contribution in [3.05, 3.63) is 71.8 Å². The Bertz CT molecular complexity index is 712. The Labute approximate surface area is 147 Å². The van der Waals surface area contributed by atoms with E-state index in [9.17, 15) is 9.90 Å². The molecule has 1 heterocycles. The van der Waals surface area contributed by atoms with Crippen LogP contribution in [0.1, 0.15) is 23.3 Å². The van der Waals surface area contributed by atoms with Crippen molar-refractivity contribution < 1.29 is 9.90 Å². The molecule has 1 saturated heterocycles. The summed E-state index contributed by atoms with van der Waals surface area (Å²) in [7, 11) is 0. The molecule has 130 valence electrons. The molecule has 5 atom stereocenters. The Hall–Kier alpha value is -2.37. The molecule has 0 spiro atoms. The maximum atomic E-state index is 12.5. The molecule has 5 heteroatoms. The summed E-state index contributed by atoms with van der Waals surface area (Å²) in [5.74, 6) is 1.11. The molecule has 0 bridgehead atoms. The molecule has 1 saturated carbocycles. The fourth-order valence-electron chi connectivity index (χ4n) is 3.81. The Morgan fingerprint density at radius 3 is 2.12 bits per heavy atom. The number of hydrogen-bond acceptors (Lipinski definition) is 3. The number of carbonyl (C=O) groups excluding carboxylic acids is 1. The second kappa shape index (κ2) is 6.86. The number of amides is 2. The summed E-state index contributed by atoms with van der Waals surface area (Å²) in [6.07, 6.45) is -0.810. The third-order valence-corrected chi connectivity index (χ3v) is 5.29. The third-order valence-electron chi connectivity index (χ3n) is 5.29. The first-order valence-electron chi connectivity index (χ1n) is 8.80. The van der Waals surface area contributed by atoms with Gasteiger partial charge in [0.15, 0.2) is 0 Å². The molecule has 2 aliphatic rings. The number of aliphatic hydroxyl groups is 1. The molecule has 2 fully saturated rings. The minimum Gasteiger partial charge on any atom is -0.386 e. The van der Waals surface area contributed by atoms with Crippen LogP contribution in [0.5, 0.6) is 0 Å². The molecule has 1 unspecified atom stereocenters. The van der Waals surface area contributed by atoms with Gasteiger partial charge in [0.1, 0.15) is 6.10 Å². The first-order chi connectivity index (χ1) is 12.2. The van der Waals surface area contributed by atoms with E-state index in [0.717, 1.165) is 24.2 Å². The van der Waals surface area contributed by atoms with E-state index in [2.05, 4.69) is 16.0 Å². The van der Waals surface area contributed by atoms with Crippen molar-refractivity contribution in [2.45, 2.75) is 18.2 Å². The van der Waals surface area contributed by atoms with Crippen molar-refractivity contribution in [2.24, 2.45) is 11.8 Å². The first-order valence-corrected chi connectivity index (χ1v) is 8.80. The monoisotopic (exact) mass is 337 g/mol. The zero-order chi connectivity index (χ0) is 17.2. The molecule has 2 aromatic carbocycles. The van der Waals surface area contributed by atoms with Crippen LogP contribution in [0.25, 0.3) is 0 Å². The second-order valence-electron chi connectivity index (χ2n) is 6.87. The Kier molecular flexibility index (Phi) is 4.42.